The van der Waals surface area contributed by atoms with Gasteiger partial charge in [0.1, 0.15) is 0 Å². The third-order valence-corrected chi connectivity index (χ3v) is 1.50. The molecule has 0 fully saturated rings. The fraction of sp³-hybridized carbons (Fsp3) is 0.500. The van der Waals surface area contributed by atoms with Crippen molar-refractivity contribution in [3.63, 3.8) is 0 Å². The lowest BCUT2D eigenvalue weighted by Gasteiger charge is -2.05. The van der Waals surface area contributed by atoms with Gasteiger partial charge in [-0.2, -0.15) is 5.10 Å². The minimum atomic E-state index is -0.509. The van der Waals surface area contributed by atoms with Crippen LogP contribution in [0.4, 0.5) is 0 Å². The summed E-state index contributed by atoms with van der Waals surface area (Å²) in [6, 6.07) is 1.74. The number of hydrogen-bond acceptors (Lipinski definition) is 3. The summed E-state index contributed by atoms with van der Waals surface area (Å²) in [5.74, 6) is -0.120. The van der Waals surface area contributed by atoms with Gasteiger partial charge < -0.3 is 10.4 Å². The molecule has 0 spiro atoms. The highest BCUT2D eigenvalue weighted by atomic mass is 16.3. The van der Waals surface area contributed by atoms with E-state index in [1.54, 1.807) is 19.2 Å². The van der Waals surface area contributed by atoms with Crippen LogP contribution in [-0.4, -0.2) is 33.9 Å². The number of aliphatic hydroxyl groups is 1. The number of nitrogens with zero attached hydrogens (tertiary/aromatic N) is 1. The molecule has 3 N–H and O–H groups in total. The molecule has 0 saturated carbocycles. The molecule has 5 heteroatoms. The molecule has 1 rings (SSSR count). The highest BCUT2D eigenvalue weighted by Crippen LogP contribution is 1.92. The molecule has 1 aromatic heterocycles. The van der Waals surface area contributed by atoms with Crippen molar-refractivity contribution >= 4 is 5.91 Å². The van der Waals surface area contributed by atoms with Crippen LogP contribution in [0.15, 0.2) is 12.3 Å². The highest BCUT2D eigenvalue weighted by Gasteiger charge is 2.04. The third-order valence-electron chi connectivity index (χ3n) is 1.50. The Balaban J connectivity index is 2.26. The van der Waals surface area contributed by atoms with Gasteiger partial charge in [0.15, 0.2) is 0 Å². The summed E-state index contributed by atoms with van der Waals surface area (Å²) in [6.07, 6.45) is 1.36. The van der Waals surface area contributed by atoms with E-state index in [-0.39, 0.29) is 18.9 Å². The Morgan fingerprint density at radius 2 is 2.62 bits per heavy atom. The zero-order valence-electron chi connectivity index (χ0n) is 7.45. The Bertz CT molecular complexity index is 256. The normalized spacial score (nSPS) is 12.5. The van der Waals surface area contributed by atoms with Gasteiger partial charge in [-0.1, -0.05) is 0 Å². The van der Waals surface area contributed by atoms with E-state index in [0.717, 1.165) is 5.69 Å². The SMILES string of the molecule is CC(O)CNC(=O)Cc1ccn[nH]1. The Kier molecular flexibility index (Phi) is 3.45. The average Bonchev–Trinajstić information content (AvgIpc) is 2.53. The second-order valence-corrected chi connectivity index (χ2v) is 2.91. The van der Waals surface area contributed by atoms with Gasteiger partial charge in [0.25, 0.3) is 0 Å². The van der Waals surface area contributed by atoms with Crippen molar-refractivity contribution in [3.8, 4) is 0 Å². The van der Waals surface area contributed by atoms with Crippen LogP contribution in [-0.2, 0) is 11.2 Å². The van der Waals surface area contributed by atoms with E-state index in [2.05, 4.69) is 15.5 Å². The monoisotopic (exact) mass is 183 g/mol. The molecule has 1 heterocycles. The Labute approximate surface area is 76.2 Å². The summed E-state index contributed by atoms with van der Waals surface area (Å²) in [7, 11) is 0. The molecular weight excluding hydrogens is 170 g/mol. The van der Waals surface area contributed by atoms with Crippen LogP contribution in [0.5, 0.6) is 0 Å². The van der Waals surface area contributed by atoms with Crippen molar-refractivity contribution in [2.24, 2.45) is 0 Å². The van der Waals surface area contributed by atoms with E-state index in [4.69, 9.17) is 5.11 Å². The van der Waals surface area contributed by atoms with Crippen LogP contribution in [0.2, 0.25) is 0 Å². The van der Waals surface area contributed by atoms with Crippen molar-refractivity contribution in [2.45, 2.75) is 19.4 Å². The minimum Gasteiger partial charge on any atom is -0.392 e. The zero-order chi connectivity index (χ0) is 9.68. The van der Waals surface area contributed by atoms with Gasteiger partial charge in [-0.15, -0.1) is 0 Å². The topological polar surface area (TPSA) is 78.0 Å². The molecule has 0 aromatic carbocycles. The third kappa shape index (κ3) is 3.71. The van der Waals surface area contributed by atoms with Crippen molar-refractivity contribution in [1.82, 2.24) is 15.5 Å². The van der Waals surface area contributed by atoms with Crippen molar-refractivity contribution in [2.75, 3.05) is 6.54 Å². The summed E-state index contributed by atoms with van der Waals surface area (Å²) >= 11 is 0. The number of aromatic amines is 1. The molecule has 0 bridgehead atoms. The van der Waals surface area contributed by atoms with Crippen molar-refractivity contribution < 1.29 is 9.90 Å². The van der Waals surface area contributed by atoms with Crippen LogP contribution >= 0.6 is 0 Å². The summed E-state index contributed by atoms with van der Waals surface area (Å²) in [4.78, 5) is 11.1. The predicted octanol–water partition coefficient (Wildman–Crippen LogP) is -0.551. The lowest BCUT2D eigenvalue weighted by molar-refractivity contribution is -0.120. The van der Waals surface area contributed by atoms with Crippen LogP contribution < -0.4 is 5.32 Å². The second-order valence-electron chi connectivity index (χ2n) is 2.91. The molecule has 0 radical (unpaired) electrons. The maximum atomic E-state index is 11.1. The number of aliphatic hydroxyl groups excluding tert-OH is 1. The molecule has 1 amide bonds. The Morgan fingerprint density at radius 3 is 3.15 bits per heavy atom. The highest BCUT2D eigenvalue weighted by molar-refractivity contribution is 5.78. The average molecular weight is 183 g/mol. The van der Waals surface area contributed by atoms with Gasteiger partial charge in [-0.25, -0.2) is 0 Å². The molecule has 0 aliphatic rings. The number of carbonyl (C=O) groups is 1. The second kappa shape index (κ2) is 4.61. The van der Waals surface area contributed by atoms with Gasteiger partial charge in [-0.05, 0) is 13.0 Å². The first-order chi connectivity index (χ1) is 6.18. The summed E-state index contributed by atoms with van der Waals surface area (Å²) in [5.41, 5.74) is 0.767. The number of rotatable bonds is 4. The zero-order valence-corrected chi connectivity index (χ0v) is 7.45. The number of hydrogen-bond donors (Lipinski definition) is 3. The molecule has 1 aromatic rings. The van der Waals surface area contributed by atoms with E-state index in [0.29, 0.717) is 0 Å². The molecule has 13 heavy (non-hydrogen) atoms. The van der Waals surface area contributed by atoms with Gasteiger partial charge in [-0.3, -0.25) is 9.89 Å². The number of amides is 1. The number of carbonyl (C=O) groups excluding carboxylic acids is 1. The predicted molar refractivity (Wildman–Crippen MR) is 47.0 cm³/mol. The first-order valence-corrected chi connectivity index (χ1v) is 4.11. The molecular formula is C8H13N3O2. The molecule has 72 valence electrons. The number of H-pyrrole nitrogens is 1. The minimum absolute atomic E-state index is 0.120. The molecule has 0 saturated heterocycles. The molecule has 1 atom stereocenters. The van der Waals surface area contributed by atoms with E-state index < -0.39 is 6.10 Å². The number of nitrogens with one attached hydrogen (secondary N) is 2. The molecule has 0 aliphatic heterocycles. The van der Waals surface area contributed by atoms with Gasteiger partial charge in [0.2, 0.25) is 5.91 Å². The first kappa shape index (κ1) is 9.73. The molecule has 5 nitrogen and oxygen atoms in total. The standard InChI is InChI=1S/C8H13N3O2/c1-6(12)5-9-8(13)4-7-2-3-10-11-7/h2-3,6,12H,4-5H2,1H3,(H,9,13)(H,10,11). The van der Waals surface area contributed by atoms with Crippen LogP contribution in [0.1, 0.15) is 12.6 Å². The van der Waals surface area contributed by atoms with Gasteiger partial charge >= 0.3 is 0 Å². The van der Waals surface area contributed by atoms with Gasteiger partial charge in [0.05, 0.1) is 12.5 Å². The maximum absolute atomic E-state index is 11.1. The van der Waals surface area contributed by atoms with E-state index in [9.17, 15) is 4.79 Å². The van der Waals surface area contributed by atoms with E-state index in [1.807, 2.05) is 0 Å². The van der Waals surface area contributed by atoms with E-state index >= 15 is 0 Å². The first-order valence-electron chi connectivity index (χ1n) is 4.11. The van der Waals surface area contributed by atoms with Crippen molar-refractivity contribution in [3.05, 3.63) is 18.0 Å². The summed E-state index contributed by atoms with van der Waals surface area (Å²) in [5, 5.41) is 17.9. The Morgan fingerprint density at radius 1 is 1.85 bits per heavy atom. The smallest absolute Gasteiger partial charge is 0.226 e. The number of aromatic nitrogens is 2. The van der Waals surface area contributed by atoms with Gasteiger partial charge in [0, 0.05) is 18.4 Å². The molecule has 0 aliphatic carbocycles. The fourth-order valence-corrected chi connectivity index (χ4v) is 0.880. The quantitative estimate of drug-likeness (QED) is 0.586. The van der Waals surface area contributed by atoms with E-state index in [1.165, 1.54) is 0 Å². The van der Waals surface area contributed by atoms with Crippen LogP contribution in [0.3, 0.4) is 0 Å². The molecule has 1 unspecified atom stereocenters. The Hall–Kier alpha value is -1.36. The largest absolute Gasteiger partial charge is 0.392 e. The maximum Gasteiger partial charge on any atom is 0.226 e. The lowest BCUT2D eigenvalue weighted by atomic mass is 10.3. The summed E-state index contributed by atoms with van der Waals surface area (Å²) < 4.78 is 0. The van der Waals surface area contributed by atoms with Crippen LogP contribution in [0.25, 0.3) is 0 Å². The summed E-state index contributed by atoms with van der Waals surface area (Å²) in [6.45, 7) is 1.91. The lowest BCUT2D eigenvalue weighted by Crippen LogP contribution is -2.31. The van der Waals surface area contributed by atoms with Crippen LogP contribution in [0, 0.1) is 0 Å². The van der Waals surface area contributed by atoms with Crippen molar-refractivity contribution in [1.29, 1.82) is 0 Å². The fourth-order valence-electron chi connectivity index (χ4n) is 0.880.